The Labute approximate surface area is 167 Å². The third-order valence-electron chi connectivity index (χ3n) is 5.91. The van der Waals surface area contributed by atoms with Crippen LogP contribution in [0.4, 0.5) is 0 Å². The molecule has 0 bridgehead atoms. The quantitative estimate of drug-likeness (QED) is 0.363. The van der Waals surface area contributed by atoms with Gasteiger partial charge in [0.2, 0.25) is 0 Å². The molecule has 6 nitrogen and oxygen atoms in total. The zero-order chi connectivity index (χ0) is 19.3. The van der Waals surface area contributed by atoms with Crippen molar-refractivity contribution >= 4 is 5.96 Å². The van der Waals surface area contributed by atoms with Crippen LogP contribution in [0.15, 0.2) is 4.99 Å². The van der Waals surface area contributed by atoms with Crippen molar-refractivity contribution in [2.45, 2.75) is 58.4 Å². The maximum atomic E-state index is 4.78. The Hall–Kier alpha value is -0.850. The van der Waals surface area contributed by atoms with Gasteiger partial charge in [-0.3, -0.25) is 4.99 Å². The molecule has 0 spiro atoms. The Balaban J connectivity index is 1.60. The fourth-order valence-corrected chi connectivity index (χ4v) is 4.13. The molecule has 0 saturated carbocycles. The third-order valence-corrected chi connectivity index (χ3v) is 5.91. The van der Waals surface area contributed by atoms with Crippen molar-refractivity contribution in [1.82, 2.24) is 25.3 Å². The van der Waals surface area contributed by atoms with E-state index >= 15 is 0 Å². The fraction of sp³-hybridized carbons (Fsp3) is 0.952. The first-order valence-corrected chi connectivity index (χ1v) is 11.4. The molecule has 2 rings (SSSR count). The number of likely N-dealkylation sites (tertiary alicyclic amines) is 1. The van der Waals surface area contributed by atoms with Crippen molar-refractivity contribution in [2.24, 2.45) is 4.99 Å². The summed E-state index contributed by atoms with van der Waals surface area (Å²) in [4.78, 5) is 12.5. The first kappa shape index (κ1) is 22.4. The van der Waals surface area contributed by atoms with Crippen molar-refractivity contribution < 1.29 is 0 Å². The highest BCUT2D eigenvalue weighted by molar-refractivity contribution is 5.79. The molecule has 2 saturated heterocycles. The highest BCUT2D eigenvalue weighted by Gasteiger charge is 2.17. The van der Waals surface area contributed by atoms with Gasteiger partial charge < -0.3 is 25.3 Å². The number of rotatable bonds is 9. The second-order valence-electron chi connectivity index (χ2n) is 8.27. The highest BCUT2D eigenvalue weighted by atomic mass is 15.2. The van der Waals surface area contributed by atoms with Crippen molar-refractivity contribution in [3.05, 3.63) is 0 Å². The Morgan fingerprint density at radius 1 is 0.963 bits per heavy atom. The van der Waals surface area contributed by atoms with E-state index in [1.165, 1.54) is 77.9 Å². The Kier molecular flexibility index (Phi) is 11.1. The van der Waals surface area contributed by atoms with Crippen LogP contribution in [-0.4, -0.2) is 99.2 Å². The second kappa shape index (κ2) is 13.3. The molecule has 2 aliphatic rings. The smallest absolute Gasteiger partial charge is 0.191 e. The molecule has 0 aromatic rings. The number of aliphatic imine (C=N–C) groups is 1. The minimum absolute atomic E-state index is 0.763. The molecule has 2 fully saturated rings. The number of hydrogen-bond acceptors (Lipinski definition) is 4. The molecule has 0 aromatic carbocycles. The topological polar surface area (TPSA) is 46.1 Å². The first-order chi connectivity index (χ1) is 13.2. The molecule has 2 N–H and O–H groups in total. The average Bonchev–Trinajstić information content (AvgIpc) is 2.87. The Morgan fingerprint density at radius 3 is 2.67 bits per heavy atom. The number of hydrogen-bond donors (Lipinski definition) is 2. The lowest BCUT2D eigenvalue weighted by Crippen LogP contribution is -2.41. The zero-order valence-electron chi connectivity index (χ0n) is 18.2. The van der Waals surface area contributed by atoms with Crippen LogP contribution in [0.1, 0.15) is 52.4 Å². The molecule has 0 radical (unpaired) electrons. The molecule has 1 unspecified atom stereocenters. The second-order valence-corrected chi connectivity index (χ2v) is 8.27. The molecule has 6 heteroatoms. The van der Waals surface area contributed by atoms with E-state index in [4.69, 9.17) is 4.99 Å². The van der Waals surface area contributed by atoms with Gasteiger partial charge in [0.05, 0.1) is 0 Å². The SMILES string of the molecule is CCNC(=NCCCN1CCCN(C)CC1)NCCCN1CCCCC1C. The van der Waals surface area contributed by atoms with Crippen LogP contribution in [0.25, 0.3) is 0 Å². The van der Waals surface area contributed by atoms with Gasteiger partial charge in [-0.15, -0.1) is 0 Å². The van der Waals surface area contributed by atoms with Gasteiger partial charge in [0.1, 0.15) is 0 Å². The third kappa shape index (κ3) is 9.26. The van der Waals surface area contributed by atoms with Crippen molar-refractivity contribution in [2.75, 3.05) is 72.5 Å². The largest absolute Gasteiger partial charge is 0.357 e. The molecular formula is C21H44N6. The molecule has 158 valence electrons. The first-order valence-electron chi connectivity index (χ1n) is 11.4. The van der Waals surface area contributed by atoms with Crippen LogP contribution in [0.5, 0.6) is 0 Å². The minimum atomic E-state index is 0.763. The van der Waals surface area contributed by atoms with Gasteiger partial charge in [0, 0.05) is 45.3 Å². The summed E-state index contributed by atoms with van der Waals surface area (Å²) in [6, 6.07) is 0.763. The molecule has 0 aliphatic carbocycles. The van der Waals surface area contributed by atoms with E-state index in [1.54, 1.807) is 0 Å². The molecule has 2 heterocycles. The predicted molar refractivity (Wildman–Crippen MR) is 117 cm³/mol. The predicted octanol–water partition coefficient (Wildman–Crippen LogP) is 1.83. The van der Waals surface area contributed by atoms with Crippen LogP contribution < -0.4 is 10.6 Å². The number of guanidine groups is 1. The Bertz CT molecular complexity index is 413. The summed E-state index contributed by atoms with van der Waals surface area (Å²) in [5.74, 6) is 0.986. The van der Waals surface area contributed by atoms with E-state index in [1.807, 2.05) is 0 Å². The molecule has 1 atom stereocenters. The monoisotopic (exact) mass is 380 g/mol. The average molecular weight is 381 g/mol. The van der Waals surface area contributed by atoms with Crippen molar-refractivity contribution in [1.29, 1.82) is 0 Å². The van der Waals surface area contributed by atoms with E-state index in [2.05, 4.69) is 46.2 Å². The molecular weight excluding hydrogens is 336 g/mol. The van der Waals surface area contributed by atoms with E-state index in [-0.39, 0.29) is 0 Å². The highest BCUT2D eigenvalue weighted by Crippen LogP contribution is 2.16. The summed E-state index contributed by atoms with van der Waals surface area (Å²) in [5, 5.41) is 6.91. The van der Waals surface area contributed by atoms with Gasteiger partial charge in [0.15, 0.2) is 5.96 Å². The lowest BCUT2D eigenvalue weighted by molar-refractivity contribution is 0.159. The van der Waals surface area contributed by atoms with E-state index in [0.717, 1.165) is 38.1 Å². The Morgan fingerprint density at radius 2 is 1.85 bits per heavy atom. The van der Waals surface area contributed by atoms with Gasteiger partial charge in [-0.05, 0) is 79.2 Å². The molecule has 0 amide bonds. The lowest BCUT2D eigenvalue weighted by Gasteiger charge is -2.33. The van der Waals surface area contributed by atoms with Crippen molar-refractivity contribution in [3.63, 3.8) is 0 Å². The van der Waals surface area contributed by atoms with Gasteiger partial charge in [0.25, 0.3) is 0 Å². The van der Waals surface area contributed by atoms with Crippen LogP contribution >= 0.6 is 0 Å². The molecule has 27 heavy (non-hydrogen) atoms. The van der Waals surface area contributed by atoms with Gasteiger partial charge in [-0.1, -0.05) is 6.42 Å². The number of nitrogens with zero attached hydrogens (tertiary/aromatic N) is 4. The summed E-state index contributed by atoms with van der Waals surface area (Å²) in [6.45, 7) is 15.9. The number of nitrogens with one attached hydrogen (secondary N) is 2. The molecule has 2 aliphatic heterocycles. The molecule has 0 aromatic heterocycles. The maximum absolute atomic E-state index is 4.78. The van der Waals surface area contributed by atoms with Crippen LogP contribution in [0.3, 0.4) is 0 Å². The number of piperidine rings is 1. The lowest BCUT2D eigenvalue weighted by atomic mass is 10.0. The van der Waals surface area contributed by atoms with Gasteiger partial charge in [-0.25, -0.2) is 0 Å². The van der Waals surface area contributed by atoms with Crippen molar-refractivity contribution in [3.8, 4) is 0 Å². The van der Waals surface area contributed by atoms with E-state index in [0.29, 0.717) is 0 Å². The van der Waals surface area contributed by atoms with E-state index < -0.39 is 0 Å². The summed E-state index contributed by atoms with van der Waals surface area (Å²) < 4.78 is 0. The summed E-state index contributed by atoms with van der Waals surface area (Å²) in [7, 11) is 2.23. The fourth-order valence-electron chi connectivity index (χ4n) is 4.13. The number of likely N-dealkylation sites (N-methyl/N-ethyl adjacent to an activating group) is 1. The summed E-state index contributed by atoms with van der Waals surface area (Å²) >= 11 is 0. The van der Waals surface area contributed by atoms with Gasteiger partial charge >= 0.3 is 0 Å². The maximum Gasteiger partial charge on any atom is 0.191 e. The minimum Gasteiger partial charge on any atom is -0.357 e. The summed E-state index contributed by atoms with van der Waals surface area (Å²) in [6.07, 6.45) is 7.77. The van der Waals surface area contributed by atoms with Crippen LogP contribution in [0, 0.1) is 0 Å². The van der Waals surface area contributed by atoms with Crippen LogP contribution in [0.2, 0.25) is 0 Å². The van der Waals surface area contributed by atoms with Crippen LogP contribution in [-0.2, 0) is 0 Å². The standard InChI is InChI=1S/C21H44N6/c1-4-22-21(24-12-8-17-27-16-6-5-10-20(27)2)23-11-7-14-26-15-9-13-25(3)18-19-26/h20H,4-19H2,1-3H3,(H2,22,23,24). The van der Waals surface area contributed by atoms with Gasteiger partial charge in [-0.2, -0.15) is 0 Å². The van der Waals surface area contributed by atoms with E-state index in [9.17, 15) is 0 Å². The summed E-state index contributed by atoms with van der Waals surface area (Å²) in [5.41, 5.74) is 0. The normalized spacial score (nSPS) is 24.0. The zero-order valence-corrected chi connectivity index (χ0v) is 18.2.